The van der Waals surface area contributed by atoms with Crippen molar-refractivity contribution in [2.75, 3.05) is 13.6 Å². The molecule has 2 aliphatic rings. The van der Waals surface area contributed by atoms with Gasteiger partial charge in [0, 0.05) is 12.6 Å². The molecule has 96 valence electrons. The molecule has 0 heterocycles. The number of likely N-dealkylation sites (N-methyl/N-ethyl adjacent to an activating group) is 1. The van der Waals surface area contributed by atoms with Gasteiger partial charge in [-0.25, -0.2) is 0 Å². The largest absolute Gasteiger partial charge is 0.312 e. The molecule has 0 aromatic carbocycles. The summed E-state index contributed by atoms with van der Waals surface area (Å²) in [7, 11) is 2.14. The normalized spacial score (nSPS) is 33.1. The van der Waals surface area contributed by atoms with Gasteiger partial charge in [0.25, 0.3) is 0 Å². The van der Waals surface area contributed by atoms with Crippen molar-refractivity contribution in [3.8, 4) is 6.07 Å². The Morgan fingerprint density at radius 3 is 2.59 bits per heavy atom. The van der Waals surface area contributed by atoms with Crippen molar-refractivity contribution < 1.29 is 0 Å². The predicted molar refractivity (Wildman–Crippen MR) is 69.3 cm³/mol. The molecule has 0 bridgehead atoms. The molecule has 0 saturated heterocycles. The zero-order chi connectivity index (χ0) is 12.5. The molecular weight excluding hydrogens is 210 g/mol. The van der Waals surface area contributed by atoms with Crippen LogP contribution in [0.1, 0.15) is 45.4 Å². The van der Waals surface area contributed by atoms with Crippen LogP contribution in [0.2, 0.25) is 0 Å². The highest BCUT2D eigenvalue weighted by molar-refractivity contribution is 5.14. The van der Waals surface area contributed by atoms with Crippen LogP contribution in [0.3, 0.4) is 0 Å². The zero-order valence-corrected chi connectivity index (χ0v) is 11.2. The van der Waals surface area contributed by atoms with Gasteiger partial charge in [0.2, 0.25) is 0 Å². The Kier molecular flexibility index (Phi) is 3.75. The highest BCUT2D eigenvalue weighted by Gasteiger charge is 2.44. The molecule has 0 radical (unpaired) electrons. The van der Waals surface area contributed by atoms with Crippen LogP contribution < -0.4 is 5.73 Å². The van der Waals surface area contributed by atoms with E-state index in [-0.39, 0.29) is 0 Å². The predicted octanol–water partition coefficient (Wildman–Crippen LogP) is 2.13. The SMILES string of the molecule is CC1CCCC(N(C)CC(N)(C#N)C2CC2)C1. The van der Waals surface area contributed by atoms with E-state index < -0.39 is 5.54 Å². The molecule has 2 N–H and O–H groups in total. The maximum absolute atomic E-state index is 9.29. The van der Waals surface area contributed by atoms with E-state index >= 15 is 0 Å². The number of rotatable bonds is 4. The van der Waals surface area contributed by atoms with Crippen LogP contribution in [0.4, 0.5) is 0 Å². The number of hydrogen-bond donors (Lipinski definition) is 1. The number of nitrogens with two attached hydrogens (primary N) is 1. The molecule has 0 spiro atoms. The van der Waals surface area contributed by atoms with E-state index in [1.165, 1.54) is 25.7 Å². The van der Waals surface area contributed by atoms with Crippen LogP contribution in [0.15, 0.2) is 0 Å². The van der Waals surface area contributed by atoms with Gasteiger partial charge in [0.05, 0.1) is 6.07 Å². The second-order valence-electron chi connectivity index (χ2n) is 6.27. The van der Waals surface area contributed by atoms with Gasteiger partial charge in [0.15, 0.2) is 0 Å². The lowest BCUT2D eigenvalue weighted by molar-refractivity contribution is 0.140. The van der Waals surface area contributed by atoms with Gasteiger partial charge in [-0.05, 0) is 44.6 Å². The molecule has 3 heteroatoms. The van der Waals surface area contributed by atoms with Gasteiger partial charge >= 0.3 is 0 Å². The Labute approximate surface area is 105 Å². The van der Waals surface area contributed by atoms with Crippen molar-refractivity contribution >= 4 is 0 Å². The van der Waals surface area contributed by atoms with Gasteiger partial charge in [-0.1, -0.05) is 19.8 Å². The third-order valence-electron chi connectivity index (χ3n) is 4.56. The minimum absolute atomic E-state index is 0.441. The van der Waals surface area contributed by atoms with Crippen molar-refractivity contribution in [1.29, 1.82) is 5.26 Å². The molecule has 0 aromatic heterocycles. The summed E-state index contributed by atoms with van der Waals surface area (Å²) in [6.45, 7) is 3.08. The van der Waals surface area contributed by atoms with Crippen molar-refractivity contribution in [3.63, 3.8) is 0 Å². The fourth-order valence-corrected chi connectivity index (χ4v) is 3.20. The van der Waals surface area contributed by atoms with E-state index in [0.29, 0.717) is 12.0 Å². The van der Waals surface area contributed by atoms with Gasteiger partial charge in [-0.15, -0.1) is 0 Å². The summed E-state index contributed by atoms with van der Waals surface area (Å²) >= 11 is 0. The van der Waals surface area contributed by atoms with Crippen molar-refractivity contribution in [2.24, 2.45) is 17.6 Å². The maximum Gasteiger partial charge on any atom is 0.119 e. The molecule has 0 aliphatic heterocycles. The van der Waals surface area contributed by atoms with E-state index in [1.54, 1.807) is 0 Å². The summed E-state index contributed by atoms with van der Waals surface area (Å²) < 4.78 is 0. The van der Waals surface area contributed by atoms with Crippen LogP contribution in [0.5, 0.6) is 0 Å². The van der Waals surface area contributed by atoms with E-state index in [9.17, 15) is 5.26 Å². The lowest BCUT2D eigenvalue weighted by Crippen LogP contribution is -2.53. The smallest absolute Gasteiger partial charge is 0.119 e. The lowest BCUT2D eigenvalue weighted by Gasteiger charge is -2.37. The summed E-state index contributed by atoms with van der Waals surface area (Å²) in [6, 6.07) is 2.99. The van der Waals surface area contributed by atoms with E-state index in [4.69, 9.17) is 5.73 Å². The zero-order valence-electron chi connectivity index (χ0n) is 11.2. The molecule has 0 aromatic rings. The molecule has 3 nitrogen and oxygen atoms in total. The third kappa shape index (κ3) is 3.00. The molecule has 2 fully saturated rings. The first-order chi connectivity index (χ1) is 8.05. The monoisotopic (exact) mass is 235 g/mol. The standard InChI is InChI=1S/C14H25N3/c1-11-4-3-5-13(8-11)17(2)10-14(16,9-15)12-6-7-12/h11-13H,3-8,10,16H2,1-2H3. The summed E-state index contributed by atoms with van der Waals surface area (Å²) in [5.41, 5.74) is 5.64. The minimum atomic E-state index is -0.602. The first-order valence-corrected chi connectivity index (χ1v) is 6.95. The molecule has 3 atom stereocenters. The summed E-state index contributed by atoms with van der Waals surface area (Å²) in [5, 5.41) is 9.29. The number of hydrogen-bond acceptors (Lipinski definition) is 3. The first-order valence-electron chi connectivity index (χ1n) is 6.95. The second-order valence-corrected chi connectivity index (χ2v) is 6.27. The quantitative estimate of drug-likeness (QED) is 0.812. The second kappa shape index (κ2) is 4.96. The Bertz CT molecular complexity index is 305. The van der Waals surface area contributed by atoms with E-state index in [0.717, 1.165) is 25.3 Å². The van der Waals surface area contributed by atoms with Crippen LogP contribution in [0, 0.1) is 23.2 Å². The first kappa shape index (κ1) is 12.9. The van der Waals surface area contributed by atoms with Crippen molar-refractivity contribution in [2.45, 2.75) is 57.0 Å². The highest BCUT2D eigenvalue weighted by Crippen LogP contribution is 2.39. The molecular formula is C14H25N3. The number of nitrogens with zero attached hydrogens (tertiary/aromatic N) is 2. The van der Waals surface area contributed by atoms with Gasteiger partial charge in [-0.2, -0.15) is 5.26 Å². The molecule has 3 unspecified atom stereocenters. The topological polar surface area (TPSA) is 53.0 Å². The Balaban J connectivity index is 1.91. The summed E-state index contributed by atoms with van der Waals surface area (Å²) in [5.74, 6) is 1.27. The van der Waals surface area contributed by atoms with E-state index in [1.807, 2.05) is 0 Å². The molecule has 17 heavy (non-hydrogen) atoms. The number of nitriles is 1. The molecule has 2 saturated carbocycles. The fraction of sp³-hybridized carbons (Fsp3) is 0.929. The summed E-state index contributed by atoms with van der Waals surface area (Å²) in [4.78, 5) is 2.34. The average Bonchev–Trinajstić information content (AvgIpc) is 3.13. The van der Waals surface area contributed by atoms with Crippen molar-refractivity contribution in [1.82, 2.24) is 4.90 Å². The Morgan fingerprint density at radius 2 is 2.06 bits per heavy atom. The van der Waals surface area contributed by atoms with Gasteiger partial charge < -0.3 is 10.6 Å². The van der Waals surface area contributed by atoms with E-state index in [2.05, 4.69) is 24.9 Å². The Morgan fingerprint density at radius 1 is 1.35 bits per heavy atom. The van der Waals surface area contributed by atoms with Crippen LogP contribution in [0.25, 0.3) is 0 Å². The minimum Gasteiger partial charge on any atom is -0.312 e. The molecule has 2 aliphatic carbocycles. The Hall–Kier alpha value is -0.590. The fourth-order valence-electron chi connectivity index (χ4n) is 3.20. The van der Waals surface area contributed by atoms with Crippen molar-refractivity contribution in [3.05, 3.63) is 0 Å². The van der Waals surface area contributed by atoms with Gasteiger partial charge in [-0.3, -0.25) is 0 Å². The molecule has 2 rings (SSSR count). The van der Waals surface area contributed by atoms with Crippen LogP contribution >= 0.6 is 0 Å². The lowest BCUT2D eigenvalue weighted by atomic mass is 9.85. The maximum atomic E-state index is 9.29. The molecule has 0 amide bonds. The van der Waals surface area contributed by atoms with Crippen LogP contribution in [-0.4, -0.2) is 30.1 Å². The van der Waals surface area contributed by atoms with Gasteiger partial charge in [0.1, 0.15) is 5.54 Å². The summed E-state index contributed by atoms with van der Waals surface area (Å²) in [6.07, 6.45) is 7.50. The van der Waals surface area contributed by atoms with Crippen LogP contribution in [-0.2, 0) is 0 Å². The third-order valence-corrected chi connectivity index (χ3v) is 4.56. The average molecular weight is 235 g/mol. The highest BCUT2D eigenvalue weighted by atomic mass is 15.2.